The molecule has 248 valence electrons. The Hall–Kier alpha value is -3.50. The number of pyridine rings is 2. The van der Waals surface area contributed by atoms with Crippen LogP contribution in [0.3, 0.4) is 0 Å². The monoisotopic (exact) mass is 755 g/mol. The minimum absolute atomic E-state index is 1.04. The van der Waals surface area contributed by atoms with Gasteiger partial charge in [-0.2, -0.15) is 9.80 Å². The van der Waals surface area contributed by atoms with Crippen molar-refractivity contribution in [1.29, 1.82) is 0 Å². The third-order valence-electron chi connectivity index (χ3n) is 7.32. The summed E-state index contributed by atoms with van der Waals surface area (Å²) in [4.78, 5) is 12.6. The first kappa shape index (κ1) is 38.0. The zero-order valence-electron chi connectivity index (χ0n) is 28.8. The molecule has 6 rings (SSSR count). The summed E-state index contributed by atoms with van der Waals surface area (Å²) in [6.07, 6.45) is 7.21. The van der Waals surface area contributed by atoms with Crippen molar-refractivity contribution < 1.29 is 13.5 Å². The van der Waals surface area contributed by atoms with E-state index in [-0.39, 0.29) is 0 Å². The third-order valence-corrected chi connectivity index (χ3v) is 9.19. The van der Waals surface area contributed by atoms with Gasteiger partial charge in [0.05, 0.1) is 24.5 Å². The molecule has 2 aromatic heterocycles. The molecule has 1 fully saturated rings. The molecule has 0 N–H and O–H groups in total. The van der Waals surface area contributed by atoms with Crippen LogP contribution in [0.4, 0.5) is 11.4 Å². The Kier molecular flexibility index (Phi) is 15.6. The average molecular weight is 756 g/mol. The number of hydrogen-bond donors (Lipinski definition) is 0. The van der Waals surface area contributed by atoms with E-state index >= 15 is 0 Å². The van der Waals surface area contributed by atoms with Crippen LogP contribution in [-0.2, 0) is 13.5 Å². The Bertz CT molecular complexity index is 1560. The van der Waals surface area contributed by atoms with Crippen molar-refractivity contribution in [3.63, 3.8) is 0 Å². The average Bonchev–Trinajstić information content (AvgIpc) is 3.47. The van der Waals surface area contributed by atoms with Crippen molar-refractivity contribution in [2.45, 2.75) is 55.4 Å². The SMILES string of the molecule is Cc1cc(C)c(N2[CH+]N(c3c(C)cc(C)cc3C)CC2)c(C)c1.Cc1cccnc1.Cc1cccnc1.[Cl][Ru]([Cl])=[CH]c1ccccc1. The molecule has 7 heteroatoms. The van der Waals surface area contributed by atoms with Gasteiger partial charge in [0.2, 0.25) is 0 Å². The molecule has 0 saturated carbocycles. The first-order valence-electron chi connectivity index (χ1n) is 15.6. The molecule has 3 heterocycles. The summed E-state index contributed by atoms with van der Waals surface area (Å²) in [5.74, 6) is 0. The summed E-state index contributed by atoms with van der Waals surface area (Å²) in [7, 11) is 11.3. The number of nitrogens with zero attached hydrogens (tertiary/aromatic N) is 4. The summed E-state index contributed by atoms with van der Waals surface area (Å²) in [5, 5.41) is 0. The van der Waals surface area contributed by atoms with Crippen molar-refractivity contribution in [3.05, 3.63) is 160 Å². The van der Waals surface area contributed by atoms with E-state index in [1.54, 1.807) is 12.4 Å². The van der Waals surface area contributed by atoms with E-state index in [1.807, 2.05) is 85.4 Å². The van der Waals surface area contributed by atoms with Gasteiger partial charge in [0.1, 0.15) is 0 Å². The molecular formula is C40H47Cl2N4Ru+. The molecule has 0 aliphatic carbocycles. The second-order valence-electron chi connectivity index (χ2n) is 11.8. The van der Waals surface area contributed by atoms with Gasteiger partial charge in [-0.1, -0.05) is 47.5 Å². The molecule has 47 heavy (non-hydrogen) atoms. The molecule has 0 bridgehead atoms. The van der Waals surface area contributed by atoms with Gasteiger partial charge in [0.25, 0.3) is 6.67 Å². The Morgan fingerprint density at radius 3 is 1.28 bits per heavy atom. The van der Waals surface area contributed by atoms with Gasteiger partial charge >= 0.3 is 73.4 Å². The van der Waals surface area contributed by atoms with Crippen LogP contribution in [0.2, 0.25) is 0 Å². The van der Waals surface area contributed by atoms with Crippen molar-refractivity contribution in [2.75, 3.05) is 22.9 Å². The molecule has 0 radical (unpaired) electrons. The van der Waals surface area contributed by atoms with Crippen LogP contribution in [-0.4, -0.2) is 27.7 Å². The van der Waals surface area contributed by atoms with Crippen LogP contribution >= 0.6 is 19.4 Å². The van der Waals surface area contributed by atoms with Crippen LogP contribution in [0.5, 0.6) is 0 Å². The van der Waals surface area contributed by atoms with Crippen LogP contribution < -0.4 is 9.80 Å². The van der Waals surface area contributed by atoms with Crippen molar-refractivity contribution in [1.82, 2.24) is 9.97 Å². The molecule has 0 amide bonds. The predicted molar refractivity (Wildman–Crippen MR) is 202 cm³/mol. The standard InChI is InChI=1S/C21H27N2.C7H6.2C6H7N.2ClH.Ru/c1-14-9-16(3)20(17(4)10-14)22-7-8-23(13-22)21-18(5)11-15(2)12-19(21)6;1-7-5-3-2-4-6-7;2*1-6-3-2-4-7-5-6;;;/h9-13H,7-8H2,1-6H3;1-6H;2*2-5H,1H3;2*1H;/q+1;;;;;;+2/p-2. The maximum absolute atomic E-state index is 5.67. The number of hydrogen-bond acceptors (Lipinski definition) is 4. The number of aromatic nitrogens is 2. The van der Waals surface area contributed by atoms with Crippen molar-refractivity contribution in [3.8, 4) is 0 Å². The fourth-order valence-corrected chi connectivity index (χ4v) is 7.42. The normalized spacial score (nSPS) is 11.9. The molecule has 1 aliphatic heterocycles. The van der Waals surface area contributed by atoms with Gasteiger partial charge in [-0.15, -0.1) is 0 Å². The Morgan fingerprint density at radius 1 is 0.574 bits per heavy atom. The Labute approximate surface area is 295 Å². The molecule has 3 aromatic carbocycles. The quantitative estimate of drug-likeness (QED) is 0.136. The zero-order chi connectivity index (χ0) is 34.3. The Morgan fingerprint density at radius 2 is 0.979 bits per heavy atom. The fraction of sp³-hybridized carbons (Fsp3) is 0.250. The van der Waals surface area contributed by atoms with Gasteiger partial charge in [0.15, 0.2) is 0 Å². The summed E-state index contributed by atoms with van der Waals surface area (Å²) >= 11 is -1.61. The topological polar surface area (TPSA) is 32.3 Å². The number of anilines is 2. The van der Waals surface area contributed by atoms with Crippen LogP contribution in [0.15, 0.2) is 104 Å². The first-order valence-corrected chi connectivity index (χ1v) is 21.1. The van der Waals surface area contributed by atoms with Crippen molar-refractivity contribution >= 4 is 35.4 Å². The first-order chi connectivity index (χ1) is 22.4. The molecule has 0 unspecified atom stereocenters. The predicted octanol–water partition coefficient (Wildman–Crippen LogP) is 10.5. The molecule has 4 nitrogen and oxygen atoms in total. The maximum atomic E-state index is 5.67. The van der Waals surface area contributed by atoms with E-state index in [1.165, 1.54) is 55.9 Å². The van der Waals surface area contributed by atoms with E-state index in [9.17, 15) is 0 Å². The minimum atomic E-state index is -1.61. The van der Waals surface area contributed by atoms with E-state index in [4.69, 9.17) is 19.4 Å². The van der Waals surface area contributed by atoms with Crippen LogP contribution in [0.1, 0.15) is 50.1 Å². The summed E-state index contributed by atoms with van der Waals surface area (Å²) in [6, 6.07) is 26.9. The van der Waals surface area contributed by atoms with E-state index in [2.05, 4.69) is 92.2 Å². The van der Waals surface area contributed by atoms with Gasteiger partial charge in [-0.3, -0.25) is 9.97 Å². The molecular weight excluding hydrogens is 708 g/mol. The van der Waals surface area contributed by atoms with Crippen molar-refractivity contribution in [2.24, 2.45) is 0 Å². The number of rotatable bonds is 3. The van der Waals surface area contributed by atoms with Gasteiger partial charge in [0, 0.05) is 24.8 Å². The second-order valence-corrected chi connectivity index (χ2v) is 17.5. The van der Waals surface area contributed by atoms with Crippen LogP contribution in [0.25, 0.3) is 0 Å². The van der Waals surface area contributed by atoms with E-state index in [0.29, 0.717) is 0 Å². The molecule has 1 saturated heterocycles. The van der Waals surface area contributed by atoms with Gasteiger partial charge in [-0.25, -0.2) is 0 Å². The van der Waals surface area contributed by atoms with Gasteiger partial charge < -0.3 is 0 Å². The van der Waals surface area contributed by atoms with Crippen LogP contribution in [0, 0.1) is 62.1 Å². The Balaban J connectivity index is 0.000000204. The zero-order valence-corrected chi connectivity index (χ0v) is 32.0. The van der Waals surface area contributed by atoms with Gasteiger partial charge in [-0.05, 0) is 101 Å². The molecule has 1 aliphatic rings. The number of aryl methyl sites for hydroxylation is 8. The second kappa shape index (κ2) is 19.4. The van der Waals surface area contributed by atoms with E-state index in [0.717, 1.165) is 18.7 Å². The molecule has 5 aromatic rings. The molecule has 0 atom stereocenters. The summed E-state index contributed by atoms with van der Waals surface area (Å²) in [5.41, 5.74) is 14.4. The van der Waals surface area contributed by atoms with E-state index < -0.39 is 13.5 Å². The number of benzene rings is 3. The summed E-state index contributed by atoms with van der Waals surface area (Å²) < 4.78 is 1.92. The third kappa shape index (κ3) is 12.9. The fourth-order valence-electron chi connectivity index (χ4n) is 5.60. The number of halogens is 2. The molecule has 0 spiro atoms. The summed E-state index contributed by atoms with van der Waals surface area (Å²) in [6.45, 7) is 21.6.